The minimum atomic E-state index is 0.568. The highest BCUT2D eigenvalue weighted by Gasteiger charge is 2.11. The van der Waals surface area contributed by atoms with E-state index in [2.05, 4.69) is 37.4 Å². The largest absolute Gasteiger partial charge is 0.493 e. The van der Waals surface area contributed by atoms with E-state index >= 15 is 0 Å². The van der Waals surface area contributed by atoms with Crippen LogP contribution in [0.15, 0.2) is 24.3 Å². The normalized spacial score (nSPS) is 17.2. The highest BCUT2D eigenvalue weighted by atomic mass is 16.5. The van der Waals surface area contributed by atoms with Crippen molar-refractivity contribution in [2.75, 3.05) is 11.9 Å². The van der Waals surface area contributed by atoms with Crippen molar-refractivity contribution < 1.29 is 4.74 Å². The molecule has 0 unspecified atom stereocenters. The predicted octanol–water partition coefficient (Wildman–Crippen LogP) is 4.86. The molecule has 1 aliphatic carbocycles. The summed E-state index contributed by atoms with van der Waals surface area (Å²) in [5.74, 6) is 1.55. The van der Waals surface area contributed by atoms with Crippen LogP contribution in [-0.4, -0.2) is 12.6 Å². The van der Waals surface area contributed by atoms with Crippen LogP contribution in [0.5, 0.6) is 5.75 Å². The van der Waals surface area contributed by atoms with Crippen LogP contribution in [0, 0.1) is 5.92 Å². The lowest BCUT2D eigenvalue weighted by Crippen LogP contribution is -2.18. The number of nitrogens with one attached hydrogen (secondary N) is 1. The van der Waals surface area contributed by atoms with Gasteiger partial charge in [0.2, 0.25) is 0 Å². The smallest absolute Gasteiger partial charge is 0.121 e. The van der Waals surface area contributed by atoms with E-state index in [0.29, 0.717) is 12.0 Å². The summed E-state index contributed by atoms with van der Waals surface area (Å²) in [6, 6.07) is 9.04. The van der Waals surface area contributed by atoms with E-state index in [-0.39, 0.29) is 0 Å². The number of rotatable bonds is 5. The molecule has 106 valence electrons. The molecule has 2 nitrogen and oxygen atoms in total. The fourth-order valence-corrected chi connectivity index (χ4v) is 2.60. The van der Waals surface area contributed by atoms with Gasteiger partial charge in [-0.15, -0.1) is 0 Å². The van der Waals surface area contributed by atoms with Crippen LogP contribution in [0.25, 0.3) is 0 Å². The molecular weight excluding hydrogens is 234 g/mol. The van der Waals surface area contributed by atoms with Crippen molar-refractivity contribution in [3.8, 4) is 5.75 Å². The van der Waals surface area contributed by atoms with E-state index in [1.165, 1.54) is 44.2 Å². The van der Waals surface area contributed by atoms with Crippen molar-refractivity contribution in [2.45, 2.75) is 58.4 Å². The maximum atomic E-state index is 5.78. The maximum absolute atomic E-state index is 5.78. The van der Waals surface area contributed by atoms with Crippen molar-refractivity contribution in [1.29, 1.82) is 0 Å². The Hall–Kier alpha value is -1.18. The monoisotopic (exact) mass is 261 g/mol. The molecule has 0 saturated heterocycles. The van der Waals surface area contributed by atoms with Gasteiger partial charge in [0.15, 0.2) is 0 Å². The van der Waals surface area contributed by atoms with Crippen LogP contribution in [0.2, 0.25) is 0 Å². The van der Waals surface area contributed by atoms with E-state index in [1.54, 1.807) is 0 Å². The molecule has 0 aromatic heterocycles. The Balaban J connectivity index is 1.90. The third-order valence-corrected chi connectivity index (χ3v) is 3.64. The zero-order valence-corrected chi connectivity index (χ0v) is 12.3. The SMILES string of the molecule is CC(C)COc1cccc(NC2CCCCCC2)c1. The molecule has 1 N–H and O–H groups in total. The van der Waals surface area contributed by atoms with Crippen molar-refractivity contribution in [3.63, 3.8) is 0 Å². The average Bonchev–Trinajstić information content (AvgIpc) is 2.65. The van der Waals surface area contributed by atoms with Gasteiger partial charge in [0.05, 0.1) is 6.61 Å². The first-order valence-corrected chi connectivity index (χ1v) is 7.73. The zero-order chi connectivity index (χ0) is 13.5. The number of hydrogen-bond acceptors (Lipinski definition) is 2. The van der Waals surface area contributed by atoms with E-state index in [9.17, 15) is 0 Å². The fraction of sp³-hybridized carbons (Fsp3) is 0.647. The van der Waals surface area contributed by atoms with Gasteiger partial charge in [0.1, 0.15) is 5.75 Å². The molecule has 0 atom stereocenters. The summed E-state index contributed by atoms with van der Waals surface area (Å²) in [6.45, 7) is 5.13. The van der Waals surface area contributed by atoms with Crippen LogP contribution >= 0.6 is 0 Å². The average molecular weight is 261 g/mol. The van der Waals surface area contributed by atoms with Gasteiger partial charge < -0.3 is 10.1 Å². The van der Waals surface area contributed by atoms with Crippen LogP contribution in [0.3, 0.4) is 0 Å². The molecule has 1 aliphatic rings. The third-order valence-electron chi connectivity index (χ3n) is 3.64. The molecular formula is C17H27NO. The zero-order valence-electron chi connectivity index (χ0n) is 12.3. The lowest BCUT2D eigenvalue weighted by atomic mass is 10.1. The highest BCUT2D eigenvalue weighted by Crippen LogP contribution is 2.23. The molecule has 19 heavy (non-hydrogen) atoms. The van der Waals surface area contributed by atoms with Crippen LogP contribution in [-0.2, 0) is 0 Å². The minimum absolute atomic E-state index is 0.568. The van der Waals surface area contributed by atoms with Gasteiger partial charge >= 0.3 is 0 Å². The summed E-state index contributed by atoms with van der Waals surface area (Å²) in [7, 11) is 0. The lowest BCUT2D eigenvalue weighted by molar-refractivity contribution is 0.271. The Bertz CT molecular complexity index is 367. The maximum Gasteiger partial charge on any atom is 0.121 e. The van der Waals surface area contributed by atoms with Crippen molar-refractivity contribution >= 4 is 5.69 Å². The minimum Gasteiger partial charge on any atom is -0.493 e. The van der Waals surface area contributed by atoms with Gasteiger partial charge in [-0.2, -0.15) is 0 Å². The highest BCUT2D eigenvalue weighted by molar-refractivity contribution is 5.48. The van der Waals surface area contributed by atoms with Gasteiger partial charge in [-0.3, -0.25) is 0 Å². The van der Waals surface area contributed by atoms with E-state index in [0.717, 1.165) is 12.4 Å². The Labute approximate surface area is 117 Å². The summed E-state index contributed by atoms with van der Waals surface area (Å²) in [4.78, 5) is 0. The molecule has 2 rings (SSSR count). The molecule has 1 aromatic carbocycles. The second kappa shape index (κ2) is 7.42. The van der Waals surface area contributed by atoms with Crippen LogP contribution in [0.4, 0.5) is 5.69 Å². The van der Waals surface area contributed by atoms with Gasteiger partial charge in [0.25, 0.3) is 0 Å². The molecule has 2 heteroatoms. The van der Waals surface area contributed by atoms with E-state index in [1.807, 2.05) is 6.07 Å². The first kappa shape index (κ1) is 14.2. The summed E-state index contributed by atoms with van der Waals surface area (Å²) in [5, 5.41) is 3.67. The summed E-state index contributed by atoms with van der Waals surface area (Å²) < 4.78 is 5.78. The molecule has 0 aliphatic heterocycles. The Morgan fingerprint density at radius 2 is 1.89 bits per heavy atom. The topological polar surface area (TPSA) is 21.3 Å². The lowest BCUT2D eigenvalue weighted by Gasteiger charge is -2.18. The summed E-state index contributed by atoms with van der Waals surface area (Å²) in [6.07, 6.45) is 8.13. The third kappa shape index (κ3) is 5.14. The molecule has 1 fully saturated rings. The summed E-state index contributed by atoms with van der Waals surface area (Å²) in [5.41, 5.74) is 1.20. The van der Waals surface area contributed by atoms with Gasteiger partial charge in [-0.05, 0) is 30.9 Å². The first-order chi connectivity index (χ1) is 9.24. The van der Waals surface area contributed by atoms with Crippen molar-refractivity contribution in [1.82, 2.24) is 0 Å². The number of ether oxygens (including phenoxy) is 1. The second-order valence-corrected chi connectivity index (χ2v) is 6.07. The number of anilines is 1. The van der Waals surface area contributed by atoms with Crippen LogP contribution < -0.4 is 10.1 Å². The Morgan fingerprint density at radius 1 is 1.16 bits per heavy atom. The van der Waals surface area contributed by atoms with Gasteiger partial charge in [-0.1, -0.05) is 45.6 Å². The van der Waals surface area contributed by atoms with Crippen LogP contribution in [0.1, 0.15) is 52.4 Å². The van der Waals surface area contributed by atoms with Gasteiger partial charge in [0, 0.05) is 17.8 Å². The molecule has 1 aromatic rings. The number of hydrogen-bond donors (Lipinski definition) is 1. The van der Waals surface area contributed by atoms with Crippen molar-refractivity contribution in [2.24, 2.45) is 5.92 Å². The molecule has 0 heterocycles. The summed E-state index contributed by atoms with van der Waals surface area (Å²) >= 11 is 0. The van der Waals surface area contributed by atoms with E-state index in [4.69, 9.17) is 4.74 Å². The van der Waals surface area contributed by atoms with Gasteiger partial charge in [-0.25, -0.2) is 0 Å². The first-order valence-electron chi connectivity index (χ1n) is 7.73. The fourth-order valence-electron chi connectivity index (χ4n) is 2.60. The second-order valence-electron chi connectivity index (χ2n) is 6.07. The molecule has 0 bridgehead atoms. The molecule has 0 radical (unpaired) electrons. The van der Waals surface area contributed by atoms with Crippen molar-refractivity contribution in [3.05, 3.63) is 24.3 Å². The van der Waals surface area contributed by atoms with E-state index < -0.39 is 0 Å². The molecule has 0 spiro atoms. The quantitative estimate of drug-likeness (QED) is 0.764. The predicted molar refractivity (Wildman–Crippen MR) is 81.9 cm³/mol. The Kier molecular flexibility index (Phi) is 5.56. The Morgan fingerprint density at radius 3 is 2.58 bits per heavy atom. The molecule has 0 amide bonds. The standard InChI is InChI=1S/C17H27NO/c1-14(2)13-19-17-11-7-10-16(12-17)18-15-8-5-3-4-6-9-15/h7,10-12,14-15,18H,3-6,8-9,13H2,1-2H3. The molecule has 1 saturated carbocycles. The number of benzene rings is 1.